The highest BCUT2D eigenvalue weighted by Crippen LogP contribution is 2.40. The minimum atomic E-state index is -1.16. The van der Waals surface area contributed by atoms with Crippen LogP contribution in [0.4, 0.5) is 11.4 Å². The molecule has 0 spiro atoms. The van der Waals surface area contributed by atoms with Crippen LogP contribution in [0.25, 0.3) is 11.0 Å². The van der Waals surface area contributed by atoms with Gasteiger partial charge in [0.1, 0.15) is 16.7 Å². The van der Waals surface area contributed by atoms with E-state index < -0.39 is 5.41 Å². The number of hydrogen-bond acceptors (Lipinski definition) is 7. The summed E-state index contributed by atoms with van der Waals surface area (Å²) >= 11 is 0. The molecule has 232 valence electrons. The Labute approximate surface area is 257 Å². The molecule has 5 rings (SSSR count). The summed E-state index contributed by atoms with van der Waals surface area (Å²) in [5, 5.41) is 4.19. The SMILES string of the molecule is CCN1C(=O)C(C)(C)C(=O)N(C)c2cc(OCCCNC(Cc3ccc(C)nc3C)Cn3ccc4occc4c3=O)ccc21. The molecule has 0 aliphatic carbocycles. The Balaban J connectivity index is 1.25. The molecule has 0 radical (unpaired) electrons. The first-order chi connectivity index (χ1) is 21.0. The van der Waals surface area contributed by atoms with Crippen LogP contribution >= 0.6 is 0 Å². The molecule has 0 fully saturated rings. The summed E-state index contributed by atoms with van der Waals surface area (Å²) in [4.78, 5) is 47.2. The van der Waals surface area contributed by atoms with Gasteiger partial charge in [0.2, 0.25) is 11.8 Å². The zero-order chi connectivity index (χ0) is 31.6. The van der Waals surface area contributed by atoms with Gasteiger partial charge in [0.25, 0.3) is 5.56 Å². The Morgan fingerprint density at radius 1 is 1.02 bits per heavy atom. The van der Waals surface area contributed by atoms with Crippen molar-refractivity contribution in [1.29, 1.82) is 0 Å². The van der Waals surface area contributed by atoms with E-state index >= 15 is 0 Å². The van der Waals surface area contributed by atoms with Gasteiger partial charge in [-0.25, -0.2) is 0 Å². The van der Waals surface area contributed by atoms with Crippen LogP contribution in [0.2, 0.25) is 0 Å². The lowest BCUT2D eigenvalue weighted by molar-refractivity contribution is -0.137. The third-order valence-corrected chi connectivity index (χ3v) is 8.37. The molecule has 10 nitrogen and oxygen atoms in total. The molecule has 2 amide bonds. The minimum absolute atomic E-state index is 0.0201. The van der Waals surface area contributed by atoms with Crippen molar-refractivity contribution in [2.45, 2.75) is 60.0 Å². The number of pyridine rings is 2. The van der Waals surface area contributed by atoms with Gasteiger partial charge < -0.3 is 28.8 Å². The summed E-state index contributed by atoms with van der Waals surface area (Å²) < 4.78 is 13.2. The predicted octanol–water partition coefficient (Wildman–Crippen LogP) is 4.63. The number of hydrogen-bond donors (Lipinski definition) is 1. The molecule has 1 aliphatic heterocycles. The number of fused-ring (bicyclic) bond motifs is 2. The molecule has 1 atom stereocenters. The molecule has 3 aromatic heterocycles. The molecule has 4 heterocycles. The van der Waals surface area contributed by atoms with Crippen LogP contribution < -0.4 is 25.4 Å². The number of anilines is 2. The maximum Gasteiger partial charge on any atom is 0.261 e. The Bertz CT molecular complexity index is 1740. The smallest absolute Gasteiger partial charge is 0.261 e. The van der Waals surface area contributed by atoms with Gasteiger partial charge in [0.05, 0.1) is 29.6 Å². The molecule has 1 aliphatic rings. The lowest BCUT2D eigenvalue weighted by Crippen LogP contribution is -2.47. The van der Waals surface area contributed by atoms with Gasteiger partial charge in [-0.2, -0.15) is 0 Å². The van der Waals surface area contributed by atoms with Crippen molar-refractivity contribution < 1.29 is 18.7 Å². The van der Waals surface area contributed by atoms with E-state index in [2.05, 4.69) is 16.4 Å². The van der Waals surface area contributed by atoms with Crippen molar-refractivity contribution in [1.82, 2.24) is 14.9 Å². The van der Waals surface area contributed by atoms with Crippen LogP contribution in [-0.2, 0) is 22.6 Å². The molecular weight excluding hydrogens is 558 g/mol. The predicted molar refractivity (Wildman–Crippen MR) is 171 cm³/mol. The Kier molecular flexibility index (Phi) is 8.92. The second-order valence-corrected chi connectivity index (χ2v) is 11.9. The molecule has 1 unspecified atom stereocenters. The summed E-state index contributed by atoms with van der Waals surface area (Å²) in [7, 11) is 1.70. The molecule has 0 saturated heterocycles. The lowest BCUT2D eigenvalue weighted by atomic mass is 9.90. The monoisotopic (exact) mass is 599 g/mol. The van der Waals surface area contributed by atoms with Gasteiger partial charge in [0, 0.05) is 49.8 Å². The lowest BCUT2D eigenvalue weighted by Gasteiger charge is -2.27. The summed E-state index contributed by atoms with van der Waals surface area (Å²) in [6.45, 7) is 11.3. The first-order valence-electron chi connectivity index (χ1n) is 15.1. The standard InChI is InChI=1S/C34H41N5O5/c1-7-39-28-12-11-26(20-29(28)37(6)32(41)34(4,5)33(39)42)43-17-8-15-35-25(19-24-10-9-22(2)36-23(24)3)21-38-16-13-30-27(31(38)40)14-18-44-30/h9-14,16,18,20,25,35H,7-8,15,17,19,21H2,1-6H3. The van der Waals surface area contributed by atoms with E-state index in [1.165, 1.54) is 6.26 Å². The highest BCUT2D eigenvalue weighted by atomic mass is 16.5. The quantitative estimate of drug-likeness (QED) is 0.198. The van der Waals surface area contributed by atoms with Crippen LogP contribution in [-0.4, -0.2) is 54.2 Å². The number of nitrogens with one attached hydrogen (secondary N) is 1. The van der Waals surface area contributed by atoms with Crippen molar-refractivity contribution in [2.24, 2.45) is 5.41 Å². The first kappa shape index (κ1) is 31.0. The second-order valence-electron chi connectivity index (χ2n) is 11.9. The summed E-state index contributed by atoms with van der Waals surface area (Å²) in [6.07, 6.45) is 4.74. The van der Waals surface area contributed by atoms with Crippen molar-refractivity contribution in [3.63, 3.8) is 0 Å². The molecule has 0 saturated carbocycles. The van der Waals surface area contributed by atoms with E-state index in [0.29, 0.717) is 60.8 Å². The maximum absolute atomic E-state index is 13.1. The van der Waals surface area contributed by atoms with Crippen LogP contribution in [0.5, 0.6) is 5.75 Å². The fourth-order valence-electron chi connectivity index (χ4n) is 5.83. The zero-order valence-electron chi connectivity index (χ0n) is 26.3. The summed E-state index contributed by atoms with van der Waals surface area (Å²) in [5.41, 5.74) is 3.77. The number of aryl methyl sites for hydroxylation is 2. The third kappa shape index (κ3) is 6.12. The van der Waals surface area contributed by atoms with Crippen LogP contribution in [0.3, 0.4) is 0 Å². The highest BCUT2D eigenvalue weighted by molar-refractivity contribution is 6.20. The van der Waals surface area contributed by atoms with Crippen molar-refractivity contribution in [2.75, 3.05) is 36.5 Å². The number of carbonyl (C=O) groups excluding carboxylic acids is 2. The molecule has 1 aromatic carbocycles. The van der Waals surface area contributed by atoms with E-state index in [-0.39, 0.29) is 23.4 Å². The van der Waals surface area contributed by atoms with E-state index in [9.17, 15) is 14.4 Å². The Morgan fingerprint density at radius 3 is 2.57 bits per heavy atom. The second kappa shape index (κ2) is 12.7. The topological polar surface area (TPSA) is 110 Å². The molecule has 0 bridgehead atoms. The average Bonchev–Trinajstić information content (AvgIpc) is 3.47. The van der Waals surface area contributed by atoms with E-state index in [1.54, 1.807) is 47.5 Å². The Hall–Kier alpha value is -4.44. The van der Waals surface area contributed by atoms with Crippen LogP contribution in [0.15, 0.2) is 64.1 Å². The molecule has 10 heteroatoms. The van der Waals surface area contributed by atoms with Gasteiger partial charge in [-0.05, 0) is 89.9 Å². The Morgan fingerprint density at radius 2 is 1.82 bits per heavy atom. The average molecular weight is 600 g/mol. The number of furan rings is 1. The highest BCUT2D eigenvalue weighted by Gasteiger charge is 2.45. The van der Waals surface area contributed by atoms with Gasteiger partial charge in [-0.1, -0.05) is 6.07 Å². The zero-order valence-corrected chi connectivity index (χ0v) is 26.3. The van der Waals surface area contributed by atoms with Gasteiger partial charge in [-0.3, -0.25) is 19.4 Å². The number of rotatable bonds is 11. The van der Waals surface area contributed by atoms with Crippen LogP contribution in [0, 0.1) is 19.3 Å². The number of benzene rings is 1. The van der Waals surface area contributed by atoms with E-state index in [1.807, 2.05) is 51.1 Å². The number of aromatic nitrogens is 2. The maximum atomic E-state index is 13.1. The van der Waals surface area contributed by atoms with Crippen molar-refractivity contribution in [3.8, 4) is 5.75 Å². The molecular formula is C34H41N5O5. The minimum Gasteiger partial charge on any atom is -0.493 e. The number of nitrogens with zero attached hydrogens (tertiary/aromatic N) is 4. The molecule has 44 heavy (non-hydrogen) atoms. The number of ether oxygens (including phenoxy) is 1. The van der Waals surface area contributed by atoms with Gasteiger partial charge in [-0.15, -0.1) is 0 Å². The normalized spacial score (nSPS) is 15.4. The summed E-state index contributed by atoms with van der Waals surface area (Å²) in [6, 6.07) is 13.1. The number of carbonyl (C=O) groups is 2. The summed E-state index contributed by atoms with van der Waals surface area (Å²) in [5.74, 6) is 0.162. The molecule has 4 aromatic rings. The molecule has 1 N–H and O–H groups in total. The van der Waals surface area contributed by atoms with E-state index in [0.717, 1.165) is 23.4 Å². The van der Waals surface area contributed by atoms with Crippen LogP contribution in [0.1, 0.15) is 44.1 Å². The largest absolute Gasteiger partial charge is 0.493 e. The fourth-order valence-corrected chi connectivity index (χ4v) is 5.83. The first-order valence-corrected chi connectivity index (χ1v) is 15.1. The third-order valence-electron chi connectivity index (χ3n) is 8.37. The van der Waals surface area contributed by atoms with Crippen molar-refractivity contribution >= 4 is 34.2 Å². The fraction of sp³-hybridized carbons (Fsp3) is 0.412. The van der Waals surface area contributed by atoms with E-state index in [4.69, 9.17) is 9.15 Å². The number of amides is 2. The van der Waals surface area contributed by atoms with Gasteiger partial charge >= 0.3 is 0 Å². The van der Waals surface area contributed by atoms with Crippen molar-refractivity contribution in [3.05, 3.63) is 82.2 Å². The van der Waals surface area contributed by atoms with Gasteiger partial charge in [0.15, 0.2) is 0 Å².